The largest absolute Gasteiger partial charge is 0.330 e. The van der Waals surface area contributed by atoms with Crippen molar-refractivity contribution >= 4 is 9.84 Å². The molecule has 2 rings (SSSR count). The van der Waals surface area contributed by atoms with E-state index in [1.54, 1.807) is 0 Å². The first-order valence-electron chi connectivity index (χ1n) is 5.53. The van der Waals surface area contributed by atoms with Gasteiger partial charge in [0, 0.05) is 0 Å². The molecular formula is C10H19NO2S. The minimum absolute atomic E-state index is 0.390. The van der Waals surface area contributed by atoms with E-state index in [1.807, 2.05) is 0 Å². The highest BCUT2D eigenvalue weighted by atomic mass is 32.2. The van der Waals surface area contributed by atoms with E-state index in [9.17, 15) is 8.42 Å². The second-order valence-electron chi connectivity index (χ2n) is 4.73. The average molecular weight is 217 g/mol. The lowest BCUT2D eigenvalue weighted by atomic mass is 9.84. The highest BCUT2D eigenvalue weighted by Gasteiger charge is 2.37. The van der Waals surface area contributed by atoms with Crippen LogP contribution in [-0.2, 0) is 9.84 Å². The lowest BCUT2D eigenvalue weighted by Gasteiger charge is -2.29. The van der Waals surface area contributed by atoms with Crippen molar-refractivity contribution in [2.45, 2.75) is 25.7 Å². The van der Waals surface area contributed by atoms with Gasteiger partial charge in [0.1, 0.15) is 9.84 Å². The van der Waals surface area contributed by atoms with Gasteiger partial charge < -0.3 is 5.73 Å². The van der Waals surface area contributed by atoms with Crippen molar-refractivity contribution in [1.29, 1.82) is 0 Å². The molecule has 0 aromatic carbocycles. The van der Waals surface area contributed by atoms with Crippen LogP contribution in [0.1, 0.15) is 25.7 Å². The predicted octanol–water partition coefficient (Wildman–Crippen LogP) is 0.796. The molecule has 0 aromatic rings. The molecule has 0 amide bonds. The summed E-state index contributed by atoms with van der Waals surface area (Å²) in [4.78, 5) is 0. The van der Waals surface area contributed by atoms with Crippen LogP contribution in [0.3, 0.4) is 0 Å². The molecule has 0 spiro atoms. The van der Waals surface area contributed by atoms with Gasteiger partial charge in [0.25, 0.3) is 0 Å². The van der Waals surface area contributed by atoms with Crippen molar-refractivity contribution < 1.29 is 8.42 Å². The molecule has 0 bridgehead atoms. The number of hydrogen-bond acceptors (Lipinski definition) is 3. The van der Waals surface area contributed by atoms with Crippen LogP contribution in [0, 0.1) is 17.8 Å². The highest BCUT2D eigenvalue weighted by molar-refractivity contribution is 7.91. The maximum atomic E-state index is 11.3. The van der Waals surface area contributed by atoms with Crippen molar-refractivity contribution in [2.24, 2.45) is 23.5 Å². The van der Waals surface area contributed by atoms with E-state index < -0.39 is 9.84 Å². The third-order valence-corrected chi connectivity index (χ3v) is 5.42. The molecule has 2 N–H and O–H groups in total. The summed E-state index contributed by atoms with van der Waals surface area (Å²) >= 11 is 0. The summed E-state index contributed by atoms with van der Waals surface area (Å²) in [7, 11) is -2.70. The van der Waals surface area contributed by atoms with Gasteiger partial charge in [-0.2, -0.15) is 0 Å². The molecule has 82 valence electrons. The van der Waals surface area contributed by atoms with Crippen LogP contribution in [0.5, 0.6) is 0 Å². The summed E-state index contributed by atoms with van der Waals surface area (Å²) in [6.07, 6.45) is 4.32. The Bertz CT molecular complexity index is 281. The van der Waals surface area contributed by atoms with Gasteiger partial charge in [0.2, 0.25) is 0 Å². The first-order chi connectivity index (χ1) is 6.62. The molecule has 1 atom stereocenters. The molecule has 0 radical (unpaired) electrons. The van der Waals surface area contributed by atoms with Crippen LogP contribution in [-0.4, -0.2) is 26.5 Å². The summed E-state index contributed by atoms with van der Waals surface area (Å²) in [5, 5.41) is 0. The summed E-state index contributed by atoms with van der Waals surface area (Å²) in [6.45, 7) is 0.745. The smallest absolute Gasteiger partial charge is 0.150 e. The standard InChI is InChI=1S/C10H19NO2S/c11-7-10(8-1-2-8)9-3-5-14(12,13)6-4-9/h8-10H,1-7,11H2. The van der Waals surface area contributed by atoms with Gasteiger partial charge in [0.05, 0.1) is 11.5 Å². The molecule has 2 aliphatic rings. The van der Waals surface area contributed by atoms with E-state index >= 15 is 0 Å². The van der Waals surface area contributed by atoms with Crippen LogP contribution in [0.2, 0.25) is 0 Å². The van der Waals surface area contributed by atoms with Gasteiger partial charge in [-0.3, -0.25) is 0 Å². The zero-order valence-corrected chi connectivity index (χ0v) is 9.30. The Morgan fingerprint density at radius 2 is 1.57 bits per heavy atom. The molecule has 3 nitrogen and oxygen atoms in total. The van der Waals surface area contributed by atoms with Crippen LogP contribution >= 0.6 is 0 Å². The second-order valence-corrected chi connectivity index (χ2v) is 7.03. The first-order valence-corrected chi connectivity index (χ1v) is 7.35. The maximum absolute atomic E-state index is 11.3. The normalized spacial score (nSPS) is 30.1. The summed E-state index contributed by atoms with van der Waals surface area (Å²) < 4.78 is 22.5. The zero-order chi connectivity index (χ0) is 10.2. The fourth-order valence-electron chi connectivity index (χ4n) is 2.63. The monoisotopic (exact) mass is 217 g/mol. The van der Waals surface area contributed by atoms with Crippen LogP contribution in [0.25, 0.3) is 0 Å². The minimum Gasteiger partial charge on any atom is -0.330 e. The molecule has 14 heavy (non-hydrogen) atoms. The molecule has 1 unspecified atom stereocenters. The Kier molecular flexibility index (Phi) is 2.84. The van der Waals surface area contributed by atoms with E-state index in [0.29, 0.717) is 23.3 Å². The Balaban J connectivity index is 1.93. The SMILES string of the molecule is NCC(C1CC1)C1CCS(=O)(=O)CC1. The van der Waals surface area contributed by atoms with E-state index in [-0.39, 0.29) is 0 Å². The molecule has 1 aliphatic heterocycles. The zero-order valence-electron chi connectivity index (χ0n) is 8.48. The summed E-state index contributed by atoms with van der Waals surface area (Å²) in [6, 6.07) is 0. The number of sulfone groups is 1. The lowest BCUT2D eigenvalue weighted by molar-refractivity contribution is 0.280. The van der Waals surface area contributed by atoms with Crippen molar-refractivity contribution in [1.82, 2.24) is 0 Å². The molecule has 1 heterocycles. The molecule has 4 heteroatoms. The summed E-state index contributed by atoms with van der Waals surface area (Å²) in [5.74, 6) is 2.77. The second kappa shape index (κ2) is 3.81. The van der Waals surface area contributed by atoms with E-state index in [0.717, 1.165) is 25.3 Å². The summed E-state index contributed by atoms with van der Waals surface area (Å²) in [5.41, 5.74) is 5.76. The van der Waals surface area contributed by atoms with Gasteiger partial charge >= 0.3 is 0 Å². The molecule has 1 aliphatic carbocycles. The van der Waals surface area contributed by atoms with E-state index in [1.165, 1.54) is 12.8 Å². The van der Waals surface area contributed by atoms with E-state index in [4.69, 9.17) is 5.73 Å². The Morgan fingerprint density at radius 1 is 1.07 bits per heavy atom. The molecule has 1 saturated carbocycles. The average Bonchev–Trinajstić information content (AvgIpc) is 2.93. The maximum Gasteiger partial charge on any atom is 0.150 e. The fourth-order valence-corrected chi connectivity index (χ4v) is 4.16. The van der Waals surface area contributed by atoms with E-state index in [2.05, 4.69) is 0 Å². The van der Waals surface area contributed by atoms with Gasteiger partial charge in [-0.15, -0.1) is 0 Å². The van der Waals surface area contributed by atoms with Crippen LogP contribution in [0.15, 0.2) is 0 Å². The van der Waals surface area contributed by atoms with Crippen molar-refractivity contribution in [3.05, 3.63) is 0 Å². The number of rotatable bonds is 3. The minimum atomic E-state index is -2.70. The van der Waals surface area contributed by atoms with Gasteiger partial charge in [-0.05, 0) is 50.0 Å². The number of hydrogen-bond donors (Lipinski definition) is 1. The topological polar surface area (TPSA) is 60.2 Å². The lowest BCUT2D eigenvalue weighted by Crippen LogP contribution is -2.32. The Hall–Kier alpha value is -0.0900. The molecular weight excluding hydrogens is 198 g/mol. The Labute approximate surface area is 86.0 Å². The van der Waals surface area contributed by atoms with Crippen LogP contribution in [0.4, 0.5) is 0 Å². The number of nitrogens with two attached hydrogens (primary N) is 1. The molecule has 0 aromatic heterocycles. The molecule has 1 saturated heterocycles. The van der Waals surface area contributed by atoms with Crippen molar-refractivity contribution in [2.75, 3.05) is 18.1 Å². The van der Waals surface area contributed by atoms with Gasteiger partial charge in [0.15, 0.2) is 0 Å². The highest BCUT2D eigenvalue weighted by Crippen LogP contribution is 2.43. The third-order valence-electron chi connectivity index (χ3n) is 3.70. The first kappa shape index (κ1) is 10.4. The Morgan fingerprint density at radius 3 is 2.00 bits per heavy atom. The van der Waals surface area contributed by atoms with Crippen molar-refractivity contribution in [3.8, 4) is 0 Å². The molecule has 2 fully saturated rings. The quantitative estimate of drug-likeness (QED) is 0.760. The van der Waals surface area contributed by atoms with Gasteiger partial charge in [-0.1, -0.05) is 0 Å². The predicted molar refractivity (Wildman–Crippen MR) is 56.6 cm³/mol. The fraction of sp³-hybridized carbons (Fsp3) is 1.00. The third kappa shape index (κ3) is 2.28. The van der Waals surface area contributed by atoms with Crippen LogP contribution < -0.4 is 5.73 Å². The van der Waals surface area contributed by atoms with Gasteiger partial charge in [-0.25, -0.2) is 8.42 Å². The van der Waals surface area contributed by atoms with Crippen molar-refractivity contribution in [3.63, 3.8) is 0 Å².